The van der Waals surface area contributed by atoms with Gasteiger partial charge in [0.1, 0.15) is 17.2 Å². The fourth-order valence-electron chi connectivity index (χ4n) is 2.13. The number of nitrogens with zero attached hydrogens (tertiary/aromatic N) is 3. The average molecular weight is 345 g/mol. The number of imidazole rings is 1. The van der Waals surface area contributed by atoms with Crippen LogP contribution in [-0.4, -0.2) is 20.4 Å². The molecule has 0 fully saturated rings. The second-order valence-corrected chi connectivity index (χ2v) is 5.62. The fraction of sp³-hybridized carbons (Fsp3) is 0.143. The lowest BCUT2D eigenvalue weighted by molar-refractivity contribution is 0.627. The van der Waals surface area contributed by atoms with Crippen LogP contribution in [0.1, 0.15) is 5.82 Å². The van der Waals surface area contributed by atoms with Gasteiger partial charge in [-0.3, -0.25) is 4.57 Å². The van der Waals surface area contributed by atoms with Crippen LogP contribution < -0.4 is 0 Å². The van der Waals surface area contributed by atoms with E-state index in [1.807, 2.05) is 0 Å². The number of benzene rings is 1. The van der Waals surface area contributed by atoms with Crippen LogP contribution >= 0.6 is 34.8 Å². The second kappa shape index (κ2) is 5.79. The van der Waals surface area contributed by atoms with Gasteiger partial charge in [-0.05, 0) is 24.3 Å². The van der Waals surface area contributed by atoms with Crippen molar-refractivity contribution in [1.82, 2.24) is 14.5 Å². The van der Waals surface area contributed by atoms with Crippen LogP contribution in [-0.2, 0) is 6.42 Å². The Balaban J connectivity index is 2.27. The highest BCUT2D eigenvalue weighted by Gasteiger charge is 2.14. The van der Waals surface area contributed by atoms with Gasteiger partial charge < -0.3 is 0 Å². The van der Waals surface area contributed by atoms with E-state index in [0.717, 1.165) is 5.82 Å². The number of pyridine rings is 1. The number of hydrogen-bond donors (Lipinski definition) is 0. The van der Waals surface area contributed by atoms with Gasteiger partial charge >= 0.3 is 0 Å². The molecule has 0 N–H and O–H groups in total. The number of aromatic nitrogens is 3. The van der Waals surface area contributed by atoms with Crippen LogP contribution in [0.5, 0.6) is 0 Å². The van der Waals surface area contributed by atoms with Crippen molar-refractivity contribution in [2.75, 3.05) is 5.88 Å². The first-order chi connectivity index (χ1) is 10.1. The van der Waals surface area contributed by atoms with E-state index in [2.05, 4.69) is 9.97 Å². The van der Waals surface area contributed by atoms with Gasteiger partial charge in [0.05, 0.1) is 15.7 Å². The molecule has 108 valence electrons. The second-order valence-electron chi connectivity index (χ2n) is 4.40. The van der Waals surface area contributed by atoms with Gasteiger partial charge in [-0.1, -0.05) is 23.2 Å². The first-order valence-corrected chi connectivity index (χ1v) is 7.43. The highest BCUT2D eigenvalue weighted by atomic mass is 35.5. The van der Waals surface area contributed by atoms with Crippen molar-refractivity contribution < 1.29 is 4.39 Å². The average Bonchev–Trinajstić information content (AvgIpc) is 2.79. The Bertz CT molecular complexity index is 817. The smallest absolute Gasteiger partial charge is 0.164 e. The largest absolute Gasteiger partial charge is 0.281 e. The summed E-state index contributed by atoms with van der Waals surface area (Å²) in [4.78, 5) is 8.79. The van der Waals surface area contributed by atoms with Crippen molar-refractivity contribution in [3.05, 3.63) is 52.1 Å². The molecule has 3 aromatic rings. The summed E-state index contributed by atoms with van der Waals surface area (Å²) in [5, 5.41) is 0.543. The Kier molecular flexibility index (Phi) is 4.02. The lowest BCUT2D eigenvalue weighted by Gasteiger charge is -2.08. The molecular formula is C14H9Cl3FN3. The summed E-state index contributed by atoms with van der Waals surface area (Å²) in [7, 11) is 0. The van der Waals surface area contributed by atoms with E-state index in [1.165, 1.54) is 18.3 Å². The van der Waals surface area contributed by atoms with Crippen molar-refractivity contribution >= 4 is 46.0 Å². The maximum atomic E-state index is 13.3. The van der Waals surface area contributed by atoms with Gasteiger partial charge in [0, 0.05) is 18.5 Å². The normalized spacial score (nSPS) is 11.2. The molecule has 0 spiro atoms. The van der Waals surface area contributed by atoms with Crippen LogP contribution in [0.25, 0.3) is 16.9 Å². The van der Waals surface area contributed by atoms with Crippen molar-refractivity contribution in [2.45, 2.75) is 6.42 Å². The zero-order valence-corrected chi connectivity index (χ0v) is 12.9. The molecule has 0 amide bonds. The lowest BCUT2D eigenvalue weighted by Crippen LogP contribution is -2.03. The van der Waals surface area contributed by atoms with Gasteiger partial charge in [0.25, 0.3) is 0 Å². The minimum atomic E-state index is -0.472. The standard InChI is InChI=1S/C14H9Cl3FN3/c15-4-3-13-20-12-5-8(16)7-19-14(12)21(13)9-1-2-11(18)10(17)6-9/h1-2,5-7H,3-4H2. The van der Waals surface area contributed by atoms with Crippen LogP contribution in [0.2, 0.25) is 10.0 Å². The van der Waals surface area contributed by atoms with Crippen molar-refractivity contribution in [3.8, 4) is 5.69 Å². The molecule has 2 aromatic heterocycles. The molecule has 1 aromatic carbocycles. The Morgan fingerprint density at radius 3 is 2.71 bits per heavy atom. The molecule has 3 rings (SSSR count). The van der Waals surface area contributed by atoms with Gasteiger partial charge in [-0.2, -0.15) is 0 Å². The van der Waals surface area contributed by atoms with E-state index in [0.29, 0.717) is 34.2 Å². The number of alkyl halides is 1. The Labute approximate surface area is 135 Å². The maximum absolute atomic E-state index is 13.3. The zero-order valence-electron chi connectivity index (χ0n) is 10.7. The Morgan fingerprint density at radius 1 is 1.19 bits per heavy atom. The van der Waals surface area contributed by atoms with Gasteiger partial charge in [0.2, 0.25) is 0 Å². The molecular weight excluding hydrogens is 336 g/mol. The highest BCUT2D eigenvalue weighted by molar-refractivity contribution is 6.31. The third-order valence-corrected chi connectivity index (χ3v) is 3.70. The SMILES string of the molecule is Fc1ccc(-n2c(CCCl)nc3cc(Cl)cnc32)cc1Cl. The van der Waals surface area contributed by atoms with Crippen LogP contribution in [0, 0.1) is 5.82 Å². The first-order valence-electron chi connectivity index (χ1n) is 6.14. The van der Waals surface area contributed by atoms with E-state index in [4.69, 9.17) is 34.8 Å². The molecule has 0 bridgehead atoms. The topological polar surface area (TPSA) is 30.7 Å². The zero-order chi connectivity index (χ0) is 15.0. The maximum Gasteiger partial charge on any atom is 0.164 e. The highest BCUT2D eigenvalue weighted by Crippen LogP contribution is 2.25. The predicted octanol–water partition coefficient (Wildman–Crippen LogP) is 4.65. The number of fused-ring (bicyclic) bond motifs is 1. The number of hydrogen-bond acceptors (Lipinski definition) is 2. The summed E-state index contributed by atoms with van der Waals surface area (Å²) in [6.07, 6.45) is 2.09. The molecule has 0 unspecified atom stereocenters. The summed E-state index contributed by atoms with van der Waals surface area (Å²) in [5.41, 5.74) is 1.96. The summed E-state index contributed by atoms with van der Waals surface area (Å²) in [5.74, 6) is 0.656. The van der Waals surface area contributed by atoms with Crippen molar-refractivity contribution in [1.29, 1.82) is 0 Å². The van der Waals surface area contributed by atoms with E-state index in [9.17, 15) is 4.39 Å². The first kappa shape index (κ1) is 14.6. The van der Waals surface area contributed by atoms with E-state index in [1.54, 1.807) is 16.7 Å². The molecule has 0 atom stereocenters. The van der Waals surface area contributed by atoms with E-state index >= 15 is 0 Å². The molecule has 0 radical (unpaired) electrons. The quantitative estimate of drug-likeness (QED) is 0.648. The fourth-order valence-corrected chi connectivity index (χ4v) is 2.63. The molecule has 0 aliphatic heterocycles. The molecule has 0 saturated heterocycles. The van der Waals surface area contributed by atoms with Gasteiger partial charge in [-0.15, -0.1) is 11.6 Å². The molecule has 7 heteroatoms. The number of halogens is 4. The minimum absolute atomic E-state index is 0.0418. The number of aryl methyl sites for hydroxylation is 1. The molecule has 0 saturated carbocycles. The Morgan fingerprint density at radius 2 is 2.00 bits per heavy atom. The molecule has 21 heavy (non-hydrogen) atoms. The lowest BCUT2D eigenvalue weighted by atomic mass is 10.3. The third kappa shape index (κ3) is 2.71. The van der Waals surface area contributed by atoms with Gasteiger partial charge in [0.15, 0.2) is 5.65 Å². The Hall–Kier alpha value is -1.36. The summed E-state index contributed by atoms with van der Waals surface area (Å²) >= 11 is 17.6. The van der Waals surface area contributed by atoms with Gasteiger partial charge in [-0.25, -0.2) is 14.4 Å². The van der Waals surface area contributed by atoms with Crippen molar-refractivity contribution in [3.63, 3.8) is 0 Å². The third-order valence-electron chi connectivity index (χ3n) is 3.01. The van der Waals surface area contributed by atoms with E-state index in [-0.39, 0.29) is 5.02 Å². The van der Waals surface area contributed by atoms with Crippen LogP contribution in [0.3, 0.4) is 0 Å². The molecule has 3 nitrogen and oxygen atoms in total. The minimum Gasteiger partial charge on any atom is -0.281 e. The predicted molar refractivity (Wildman–Crippen MR) is 83.3 cm³/mol. The number of rotatable bonds is 3. The van der Waals surface area contributed by atoms with E-state index < -0.39 is 5.82 Å². The molecule has 2 heterocycles. The van der Waals surface area contributed by atoms with Crippen molar-refractivity contribution in [2.24, 2.45) is 0 Å². The summed E-state index contributed by atoms with van der Waals surface area (Å²) in [6.45, 7) is 0. The molecule has 0 aliphatic rings. The molecule has 0 aliphatic carbocycles. The summed E-state index contributed by atoms with van der Waals surface area (Å²) in [6, 6.07) is 6.19. The van der Waals surface area contributed by atoms with Crippen LogP contribution in [0.4, 0.5) is 4.39 Å². The summed E-state index contributed by atoms with van der Waals surface area (Å²) < 4.78 is 15.1. The van der Waals surface area contributed by atoms with Crippen LogP contribution in [0.15, 0.2) is 30.5 Å². The monoisotopic (exact) mass is 343 g/mol.